The highest BCUT2D eigenvalue weighted by Gasteiger charge is 3.00. The Morgan fingerprint density at radius 2 is 1.03 bits per heavy atom. The van der Waals surface area contributed by atoms with Crippen LogP contribution < -0.4 is 0 Å². The SMILES string of the molecule is CC(C)Cc1ccc(C(O)CC2(F)C(F)(F)C(F)(F)C(F)(F)C(F)(F)C2(F)F)cc1. The molecule has 172 valence electrons. The molecule has 0 amide bonds. The van der Waals surface area contributed by atoms with Crippen molar-refractivity contribution in [2.45, 2.75) is 68.1 Å². The summed E-state index contributed by atoms with van der Waals surface area (Å²) in [5, 5.41) is 9.86. The molecule has 0 radical (unpaired) electrons. The van der Waals surface area contributed by atoms with Gasteiger partial charge in [-0.25, -0.2) is 4.39 Å². The van der Waals surface area contributed by atoms with Crippen LogP contribution in [0.3, 0.4) is 0 Å². The Labute approximate surface area is 163 Å². The van der Waals surface area contributed by atoms with Gasteiger partial charge in [0.2, 0.25) is 0 Å². The molecule has 0 heterocycles. The summed E-state index contributed by atoms with van der Waals surface area (Å²) in [5.74, 6) is -35.3. The largest absolute Gasteiger partial charge is 0.388 e. The van der Waals surface area contributed by atoms with Gasteiger partial charge in [0.05, 0.1) is 6.10 Å². The molecular weight excluding hydrogens is 441 g/mol. The minimum atomic E-state index is -7.26. The third-order valence-corrected chi connectivity index (χ3v) is 5.06. The maximum atomic E-state index is 14.7. The molecule has 1 unspecified atom stereocenters. The molecule has 1 aromatic carbocycles. The lowest BCUT2D eigenvalue weighted by molar-refractivity contribution is -0.487. The van der Waals surface area contributed by atoms with Crippen molar-refractivity contribution < 1.29 is 53.4 Å². The maximum Gasteiger partial charge on any atom is 0.384 e. The number of aliphatic hydroxyl groups is 1. The molecule has 30 heavy (non-hydrogen) atoms. The normalized spacial score (nSPS) is 26.4. The van der Waals surface area contributed by atoms with Crippen molar-refractivity contribution in [1.29, 1.82) is 0 Å². The summed E-state index contributed by atoms with van der Waals surface area (Å²) < 4.78 is 151. The minimum absolute atomic E-state index is 0.153. The molecule has 1 aromatic rings. The van der Waals surface area contributed by atoms with Gasteiger partial charge in [0.25, 0.3) is 5.67 Å². The molecule has 1 aliphatic rings. The Morgan fingerprint density at radius 1 is 0.667 bits per heavy atom. The van der Waals surface area contributed by atoms with Crippen LogP contribution in [-0.4, -0.2) is 40.4 Å². The fourth-order valence-electron chi connectivity index (χ4n) is 3.27. The van der Waals surface area contributed by atoms with E-state index in [1.165, 1.54) is 12.1 Å². The van der Waals surface area contributed by atoms with Crippen LogP contribution in [0, 0.1) is 5.92 Å². The molecule has 0 bridgehead atoms. The number of hydrogen-bond acceptors (Lipinski definition) is 1. The zero-order chi connectivity index (χ0) is 23.6. The van der Waals surface area contributed by atoms with Crippen molar-refractivity contribution in [2.24, 2.45) is 5.92 Å². The Morgan fingerprint density at radius 3 is 1.40 bits per heavy atom. The predicted octanol–water partition coefficient (Wildman–Crippen LogP) is 6.21. The lowest BCUT2D eigenvalue weighted by atomic mass is 9.69. The summed E-state index contributed by atoms with van der Waals surface area (Å²) in [7, 11) is 0. The fraction of sp³-hybridized carbons (Fsp3) is 0.667. The van der Waals surface area contributed by atoms with Gasteiger partial charge in [0, 0.05) is 6.42 Å². The summed E-state index contributed by atoms with van der Waals surface area (Å²) in [6.07, 6.45) is -4.89. The van der Waals surface area contributed by atoms with Crippen molar-refractivity contribution in [3.63, 3.8) is 0 Å². The molecule has 1 fully saturated rings. The van der Waals surface area contributed by atoms with Crippen LogP contribution in [0.15, 0.2) is 24.3 Å². The highest BCUT2D eigenvalue weighted by Crippen LogP contribution is 2.70. The van der Waals surface area contributed by atoms with Gasteiger partial charge in [0.15, 0.2) is 0 Å². The van der Waals surface area contributed by atoms with Gasteiger partial charge in [0.1, 0.15) is 0 Å². The van der Waals surface area contributed by atoms with Gasteiger partial charge >= 0.3 is 29.6 Å². The molecule has 0 aliphatic heterocycles. The van der Waals surface area contributed by atoms with Crippen molar-refractivity contribution in [1.82, 2.24) is 0 Å². The molecule has 1 saturated carbocycles. The third-order valence-electron chi connectivity index (χ3n) is 5.06. The Balaban J connectivity index is 2.50. The zero-order valence-electron chi connectivity index (χ0n) is 15.5. The van der Waals surface area contributed by atoms with Crippen molar-refractivity contribution in [3.8, 4) is 0 Å². The van der Waals surface area contributed by atoms with E-state index in [4.69, 9.17) is 0 Å². The van der Waals surface area contributed by atoms with E-state index in [9.17, 15) is 53.4 Å². The number of hydrogen-bond donors (Lipinski definition) is 1. The van der Waals surface area contributed by atoms with Gasteiger partial charge in [-0.2, -0.15) is 43.9 Å². The Bertz CT molecular complexity index is 741. The van der Waals surface area contributed by atoms with E-state index in [1.54, 1.807) is 0 Å². The molecule has 1 N–H and O–H groups in total. The van der Waals surface area contributed by atoms with Crippen LogP contribution in [-0.2, 0) is 6.42 Å². The standard InChI is InChI=1S/C18H17F11O/c1-9(2)7-10-3-5-11(6-4-10)12(30)8-13(19)14(20,21)16(24,25)18(28,29)17(26,27)15(13,22)23/h3-6,9,12,30H,7-8H2,1-2H3. The Kier molecular flexibility index (Phi) is 5.73. The highest BCUT2D eigenvalue weighted by atomic mass is 19.4. The van der Waals surface area contributed by atoms with Crippen molar-refractivity contribution >= 4 is 0 Å². The summed E-state index contributed by atoms with van der Waals surface area (Å²) >= 11 is 0. The lowest BCUT2D eigenvalue weighted by Gasteiger charge is -2.52. The average Bonchev–Trinajstić information content (AvgIpc) is 2.59. The first-order chi connectivity index (χ1) is 13.3. The zero-order valence-corrected chi connectivity index (χ0v) is 15.5. The number of alkyl halides is 11. The Hall–Kier alpha value is -1.59. The quantitative estimate of drug-likeness (QED) is 0.521. The minimum Gasteiger partial charge on any atom is -0.388 e. The lowest BCUT2D eigenvalue weighted by Crippen LogP contribution is -2.83. The molecule has 1 aliphatic carbocycles. The van der Waals surface area contributed by atoms with E-state index in [2.05, 4.69) is 0 Å². The smallest absolute Gasteiger partial charge is 0.384 e. The highest BCUT2D eigenvalue weighted by molar-refractivity contribution is 5.29. The number of aliphatic hydroxyl groups excluding tert-OH is 1. The monoisotopic (exact) mass is 458 g/mol. The fourth-order valence-corrected chi connectivity index (χ4v) is 3.27. The van der Waals surface area contributed by atoms with Gasteiger partial charge in [-0.3, -0.25) is 0 Å². The van der Waals surface area contributed by atoms with Gasteiger partial charge < -0.3 is 5.11 Å². The second kappa shape index (κ2) is 6.96. The number of benzene rings is 1. The summed E-state index contributed by atoms with van der Waals surface area (Å²) in [6.45, 7) is 3.66. The molecule has 12 heteroatoms. The molecule has 0 aromatic heterocycles. The predicted molar refractivity (Wildman–Crippen MR) is 83.1 cm³/mol. The van der Waals surface area contributed by atoms with Gasteiger partial charge in [-0.15, -0.1) is 0 Å². The van der Waals surface area contributed by atoms with Crippen LogP contribution in [0.25, 0.3) is 0 Å². The topological polar surface area (TPSA) is 20.2 Å². The van der Waals surface area contributed by atoms with Crippen LogP contribution in [0.2, 0.25) is 0 Å². The molecule has 0 saturated heterocycles. The average molecular weight is 458 g/mol. The van der Waals surface area contributed by atoms with Crippen molar-refractivity contribution in [3.05, 3.63) is 35.4 Å². The van der Waals surface area contributed by atoms with Crippen LogP contribution in [0.1, 0.15) is 37.5 Å². The van der Waals surface area contributed by atoms with E-state index in [-0.39, 0.29) is 5.92 Å². The van der Waals surface area contributed by atoms with E-state index < -0.39 is 53.4 Å². The van der Waals surface area contributed by atoms with E-state index in [0.717, 1.165) is 12.1 Å². The maximum absolute atomic E-state index is 14.7. The third kappa shape index (κ3) is 3.00. The van der Waals surface area contributed by atoms with E-state index >= 15 is 0 Å². The van der Waals surface area contributed by atoms with E-state index in [1.807, 2.05) is 13.8 Å². The van der Waals surface area contributed by atoms with Crippen LogP contribution >= 0.6 is 0 Å². The first-order valence-electron chi connectivity index (χ1n) is 8.63. The van der Waals surface area contributed by atoms with E-state index in [0.29, 0.717) is 12.0 Å². The van der Waals surface area contributed by atoms with Crippen LogP contribution in [0.5, 0.6) is 0 Å². The number of halogens is 11. The summed E-state index contributed by atoms with van der Waals surface area (Å²) in [4.78, 5) is 0. The summed E-state index contributed by atoms with van der Waals surface area (Å²) in [6, 6.07) is 4.52. The molecular formula is C18H17F11O. The number of rotatable bonds is 5. The second-order valence-corrected chi connectivity index (χ2v) is 7.73. The molecule has 1 nitrogen and oxygen atoms in total. The summed E-state index contributed by atoms with van der Waals surface area (Å²) in [5.41, 5.74) is -6.10. The molecule has 1 atom stereocenters. The van der Waals surface area contributed by atoms with Crippen molar-refractivity contribution in [2.75, 3.05) is 0 Å². The van der Waals surface area contributed by atoms with Crippen LogP contribution in [0.4, 0.5) is 48.3 Å². The second-order valence-electron chi connectivity index (χ2n) is 7.73. The molecule has 2 rings (SSSR count). The van der Waals surface area contributed by atoms with Gasteiger partial charge in [-0.05, 0) is 23.5 Å². The molecule has 0 spiro atoms. The first-order valence-corrected chi connectivity index (χ1v) is 8.63. The first kappa shape index (κ1) is 24.7. The van der Waals surface area contributed by atoms with Gasteiger partial charge in [-0.1, -0.05) is 38.1 Å².